The second kappa shape index (κ2) is 5.21. The number of carboxylic acids is 1. The molecule has 3 aromatic rings. The lowest BCUT2D eigenvalue weighted by atomic mass is 10.2. The van der Waals surface area contributed by atoms with Gasteiger partial charge in [-0.3, -0.25) is 4.79 Å². The topological polar surface area (TPSA) is 68.3 Å². The van der Waals surface area contributed by atoms with E-state index in [1.54, 1.807) is 10.8 Å². The Kier molecular flexibility index (Phi) is 3.25. The van der Waals surface area contributed by atoms with Gasteiger partial charge in [-0.05, 0) is 24.3 Å². The van der Waals surface area contributed by atoms with Gasteiger partial charge in [-0.1, -0.05) is 12.1 Å². The standard InChI is InChI=1S/C15H14N2O3/c18-15(19)10-17-13-6-2-1-5-12(13)16-14(17)8-7-11-4-3-9-20-11/h1-6,9H,7-8,10H2,(H,18,19). The monoisotopic (exact) mass is 270 g/mol. The number of imidazole rings is 1. The number of para-hydroxylation sites is 2. The fraction of sp³-hybridized carbons (Fsp3) is 0.200. The zero-order chi connectivity index (χ0) is 13.9. The maximum atomic E-state index is 11.0. The fourth-order valence-electron chi connectivity index (χ4n) is 2.32. The first-order chi connectivity index (χ1) is 9.74. The van der Waals surface area contributed by atoms with E-state index < -0.39 is 5.97 Å². The number of aromatic nitrogens is 2. The second-order valence-electron chi connectivity index (χ2n) is 4.58. The molecule has 1 aromatic carbocycles. The number of carbonyl (C=O) groups is 1. The summed E-state index contributed by atoms with van der Waals surface area (Å²) in [6.07, 6.45) is 2.99. The van der Waals surface area contributed by atoms with E-state index in [4.69, 9.17) is 9.52 Å². The van der Waals surface area contributed by atoms with E-state index in [2.05, 4.69) is 4.98 Å². The number of fused-ring (bicyclic) bond motifs is 1. The number of benzene rings is 1. The zero-order valence-corrected chi connectivity index (χ0v) is 10.8. The molecule has 0 aliphatic heterocycles. The second-order valence-corrected chi connectivity index (χ2v) is 4.58. The van der Waals surface area contributed by atoms with E-state index >= 15 is 0 Å². The Bertz CT molecular complexity index is 729. The Hall–Kier alpha value is -2.56. The van der Waals surface area contributed by atoms with Crippen molar-refractivity contribution >= 4 is 17.0 Å². The van der Waals surface area contributed by atoms with E-state index in [9.17, 15) is 4.79 Å². The molecule has 2 aromatic heterocycles. The number of aliphatic carboxylic acids is 1. The molecule has 3 rings (SSSR count). The molecule has 0 bridgehead atoms. The van der Waals surface area contributed by atoms with Gasteiger partial charge in [-0.15, -0.1) is 0 Å². The van der Waals surface area contributed by atoms with Crippen molar-refractivity contribution in [3.63, 3.8) is 0 Å². The molecular formula is C15H14N2O3. The molecular weight excluding hydrogens is 256 g/mol. The summed E-state index contributed by atoms with van der Waals surface area (Å²) < 4.78 is 7.05. The van der Waals surface area contributed by atoms with Crippen LogP contribution >= 0.6 is 0 Å². The molecule has 0 atom stereocenters. The van der Waals surface area contributed by atoms with Gasteiger partial charge in [0.2, 0.25) is 0 Å². The minimum atomic E-state index is -0.868. The first kappa shape index (κ1) is 12.5. The number of carboxylic acid groups (broad SMARTS) is 1. The van der Waals surface area contributed by atoms with Gasteiger partial charge in [0.1, 0.15) is 18.1 Å². The third-order valence-electron chi connectivity index (χ3n) is 3.20. The maximum absolute atomic E-state index is 11.0. The molecule has 0 saturated heterocycles. The molecule has 102 valence electrons. The highest BCUT2D eigenvalue weighted by Gasteiger charge is 2.13. The number of hydrogen-bond donors (Lipinski definition) is 1. The molecule has 2 heterocycles. The van der Waals surface area contributed by atoms with Crippen LogP contribution in [0, 0.1) is 0 Å². The molecule has 0 aliphatic rings. The van der Waals surface area contributed by atoms with Crippen molar-refractivity contribution in [2.45, 2.75) is 19.4 Å². The van der Waals surface area contributed by atoms with Gasteiger partial charge < -0.3 is 14.1 Å². The molecule has 1 N–H and O–H groups in total. The largest absolute Gasteiger partial charge is 0.480 e. The van der Waals surface area contributed by atoms with Crippen molar-refractivity contribution in [3.05, 3.63) is 54.2 Å². The highest BCUT2D eigenvalue weighted by Crippen LogP contribution is 2.17. The molecule has 0 fully saturated rings. The molecule has 0 aliphatic carbocycles. The van der Waals surface area contributed by atoms with E-state index in [0.29, 0.717) is 12.8 Å². The summed E-state index contributed by atoms with van der Waals surface area (Å²) in [5.41, 5.74) is 1.67. The molecule has 0 saturated carbocycles. The van der Waals surface area contributed by atoms with Crippen LogP contribution in [0.5, 0.6) is 0 Å². The maximum Gasteiger partial charge on any atom is 0.323 e. The average molecular weight is 270 g/mol. The Morgan fingerprint density at radius 3 is 2.80 bits per heavy atom. The van der Waals surface area contributed by atoms with Crippen LogP contribution in [0.25, 0.3) is 11.0 Å². The quantitative estimate of drug-likeness (QED) is 0.773. The van der Waals surface area contributed by atoms with Gasteiger partial charge in [-0.25, -0.2) is 4.98 Å². The lowest BCUT2D eigenvalue weighted by Gasteiger charge is -2.05. The van der Waals surface area contributed by atoms with Crippen molar-refractivity contribution in [1.82, 2.24) is 9.55 Å². The van der Waals surface area contributed by atoms with Crippen LogP contribution in [0.2, 0.25) is 0 Å². The van der Waals surface area contributed by atoms with Crippen LogP contribution in [-0.4, -0.2) is 20.6 Å². The van der Waals surface area contributed by atoms with Gasteiger partial charge in [-0.2, -0.15) is 0 Å². The molecule has 0 spiro atoms. The van der Waals surface area contributed by atoms with Crippen molar-refractivity contribution < 1.29 is 14.3 Å². The van der Waals surface area contributed by atoms with E-state index in [-0.39, 0.29) is 6.54 Å². The predicted molar refractivity (Wildman–Crippen MR) is 73.5 cm³/mol. The lowest BCUT2D eigenvalue weighted by Crippen LogP contribution is -2.12. The van der Waals surface area contributed by atoms with Crippen molar-refractivity contribution in [2.75, 3.05) is 0 Å². The number of furan rings is 1. The smallest absolute Gasteiger partial charge is 0.323 e. The first-order valence-electron chi connectivity index (χ1n) is 6.42. The van der Waals surface area contributed by atoms with Crippen LogP contribution in [0.1, 0.15) is 11.6 Å². The van der Waals surface area contributed by atoms with Gasteiger partial charge in [0, 0.05) is 12.8 Å². The van der Waals surface area contributed by atoms with Crippen molar-refractivity contribution in [2.24, 2.45) is 0 Å². The lowest BCUT2D eigenvalue weighted by molar-refractivity contribution is -0.137. The third kappa shape index (κ3) is 2.42. The minimum absolute atomic E-state index is 0.0754. The van der Waals surface area contributed by atoms with Gasteiger partial charge >= 0.3 is 5.97 Å². The fourth-order valence-corrected chi connectivity index (χ4v) is 2.32. The third-order valence-corrected chi connectivity index (χ3v) is 3.20. The number of rotatable bonds is 5. The Balaban J connectivity index is 1.93. The molecule has 5 heteroatoms. The van der Waals surface area contributed by atoms with E-state index in [1.165, 1.54) is 0 Å². The number of aryl methyl sites for hydroxylation is 2. The average Bonchev–Trinajstić information content (AvgIpc) is 3.04. The van der Waals surface area contributed by atoms with E-state index in [0.717, 1.165) is 22.6 Å². The van der Waals surface area contributed by atoms with Gasteiger partial charge in [0.05, 0.1) is 17.3 Å². The van der Waals surface area contributed by atoms with Crippen LogP contribution in [0.4, 0.5) is 0 Å². The predicted octanol–water partition coefficient (Wildman–Crippen LogP) is 2.50. The highest BCUT2D eigenvalue weighted by atomic mass is 16.4. The van der Waals surface area contributed by atoms with Crippen LogP contribution in [0.3, 0.4) is 0 Å². The number of hydrogen-bond acceptors (Lipinski definition) is 3. The van der Waals surface area contributed by atoms with Crippen molar-refractivity contribution in [1.29, 1.82) is 0 Å². The van der Waals surface area contributed by atoms with Crippen LogP contribution in [0.15, 0.2) is 47.1 Å². The van der Waals surface area contributed by atoms with Crippen LogP contribution in [-0.2, 0) is 24.2 Å². The Labute approximate surface area is 115 Å². The number of nitrogens with zero attached hydrogens (tertiary/aromatic N) is 2. The summed E-state index contributed by atoms with van der Waals surface area (Å²) in [6.45, 7) is -0.0754. The van der Waals surface area contributed by atoms with Crippen LogP contribution < -0.4 is 0 Å². The summed E-state index contributed by atoms with van der Waals surface area (Å²) in [6, 6.07) is 11.3. The van der Waals surface area contributed by atoms with Crippen molar-refractivity contribution in [3.8, 4) is 0 Å². The summed E-state index contributed by atoms with van der Waals surface area (Å²) in [4.78, 5) is 15.6. The first-order valence-corrected chi connectivity index (χ1v) is 6.42. The Morgan fingerprint density at radius 1 is 1.20 bits per heavy atom. The molecule has 0 amide bonds. The normalized spacial score (nSPS) is 11.0. The zero-order valence-electron chi connectivity index (χ0n) is 10.8. The molecule has 5 nitrogen and oxygen atoms in total. The minimum Gasteiger partial charge on any atom is -0.480 e. The van der Waals surface area contributed by atoms with E-state index in [1.807, 2.05) is 36.4 Å². The summed E-state index contributed by atoms with van der Waals surface area (Å²) >= 11 is 0. The summed E-state index contributed by atoms with van der Waals surface area (Å²) in [5, 5.41) is 9.05. The van der Waals surface area contributed by atoms with Gasteiger partial charge in [0.25, 0.3) is 0 Å². The highest BCUT2D eigenvalue weighted by molar-refractivity contribution is 5.78. The Morgan fingerprint density at radius 2 is 2.05 bits per heavy atom. The summed E-state index contributed by atoms with van der Waals surface area (Å²) in [7, 11) is 0. The summed E-state index contributed by atoms with van der Waals surface area (Å²) in [5.74, 6) is 0.774. The molecule has 0 radical (unpaired) electrons. The molecule has 0 unspecified atom stereocenters. The van der Waals surface area contributed by atoms with Gasteiger partial charge in [0.15, 0.2) is 0 Å². The molecule has 20 heavy (non-hydrogen) atoms. The SMILES string of the molecule is O=C(O)Cn1c(CCc2ccco2)nc2ccccc21.